The van der Waals surface area contributed by atoms with E-state index >= 15 is 0 Å². The number of carbonyl (C=O) groups excluding carboxylic acids is 1. The maximum Gasteiger partial charge on any atom is 0.151 e. The van der Waals surface area contributed by atoms with Crippen LogP contribution in [-0.2, 0) is 11.2 Å². The summed E-state index contributed by atoms with van der Waals surface area (Å²) >= 11 is 0. The zero-order valence-corrected chi connectivity index (χ0v) is 11.8. The normalized spacial score (nSPS) is 27.7. The van der Waals surface area contributed by atoms with Gasteiger partial charge in [-0.3, -0.25) is 9.69 Å². The Balaban J connectivity index is 1.63. The molecule has 0 N–H and O–H groups in total. The van der Waals surface area contributed by atoms with Crippen molar-refractivity contribution >= 4 is 5.78 Å². The number of nitrogens with zero attached hydrogens (tertiary/aromatic N) is 2. The lowest BCUT2D eigenvalue weighted by atomic mass is 9.74. The summed E-state index contributed by atoms with van der Waals surface area (Å²) in [7, 11) is 4.18. The van der Waals surface area contributed by atoms with Crippen molar-refractivity contribution in [3.63, 3.8) is 0 Å². The van der Waals surface area contributed by atoms with E-state index in [1.807, 2.05) is 0 Å². The van der Waals surface area contributed by atoms with Crippen LogP contribution in [0.5, 0.6) is 0 Å². The molecule has 1 heterocycles. The Labute approximate surface area is 115 Å². The van der Waals surface area contributed by atoms with Crippen molar-refractivity contribution in [2.45, 2.75) is 24.8 Å². The van der Waals surface area contributed by atoms with Crippen LogP contribution in [0.3, 0.4) is 0 Å². The first kappa shape index (κ1) is 12.8. The first-order valence-corrected chi connectivity index (χ1v) is 7.14. The van der Waals surface area contributed by atoms with Crippen molar-refractivity contribution in [3.05, 3.63) is 35.4 Å². The first-order chi connectivity index (χ1) is 9.15. The van der Waals surface area contributed by atoms with E-state index < -0.39 is 0 Å². The van der Waals surface area contributed by atoms with E-state index in [1.54, 1.807) is 0 Å². The van der Waals surface area contributed by atoms with Gasteiger partial charge < -0.3 is 4.90 Å². The number of benzene rings is 1. The van der Waals surface area contributed by atoms with E-state index in [1.165, 1.54) is 11.1 Å². The van der Waals surface area contributed by atoms with Gasteiger partial charge in [-0.25, -0.2) is 0 Å². The summed E-state index contributed by atoms with van der Waals surface area (Å²) in [5.74, 6) is 0.873. The Morgan fingerprint density at radius 1 is 1.26 bits per heavy atom. The molecule has 0 bridgehead atoms. The van der Waals surface area contributed by atoms with Crippen LogP contribution in [0.4, 0.5) is 0 Å². The van der Waals surface area contributed by atoms with Gasteiger partial charge in [0, 0.05) is 26.1 Å². The smallest absolute Gasteiger partial charge is 0.151 e. The molecule has 0 aromatic heterocycles. The molecule has 2 aliphatic rings. The van der Waals surface area contributed by atoms with Gasteiger partial charge in [0.2, 0.25) is 0 Å². The van der Waals surface area contributed by atoms with Crippen molar-refractivity contribution in [1.29, 1.82) is 0 Å². The van der Waals surface area contributed by atoms with Crippen LogP contribution in [-0.4, -0.2) is 55.4 Å². The molecule has 2 unspecified atom stereocenters. The highest BCUT2D eigenvalue weighted by molar-refractivity contribution is 5.85. The predicted octanol–water partition coefficient (Wildman–Crippen LogP) is 1.53. The second-order valence-electron chi connectivity index (χ2n) is 6.03. The van der Waals surface area contributed by atoms with Crippen LogP contribution in [0, 0.1) is 0 Å². The van der Waals surface area contributed by atoms with Crippen molar-refractivity contribution in [1.82, 2.24) is 9.80 Å². The van der Waals surface area contributed by atoms with Crippen LogP contribution in [0.2, 0.25) is 0 Å². The highest BCUT2D eigenvalue weighted by Crippen LogP contribution is 2.37. The summed E-state index contributed by atoms with van der Waals surface area (Å²) in [5.41, 5.74) is 2.82. The molecule has 0 radical (unpaired) electrons. The lowest BCUT2D eigenvalue weighted by Crippen LogP contribution is -2.53. The predicted molar refractivity (Wildman–Crippen MR) is 76.4 cm³/mol. The number of ketones is 1. The molecule has 3 heteroatoms. The molecular formula is C16H22N2O. The standard InChI is InChI=1S/C16H22N2O/c1-17-7-8-18(2)15(11-17)16(19)10-13-9-12-5-3-4-6-14(12)13/h3-6,13,15H,7-11H2,1-2H3. The number of piperazine rings is 1. The summed E-state index contributed by atoms with van der Waals surface area (Å²) < 4.78 is 0. The van der Waals surface area contributed by atoms with E-state index in [0.717, 1.165) is 26.1 Å². The number of rotatable bonds is 3. The molecule has 3 nitrogen and oxygen atoms in total. The van der Waals surface area contributed by atoms with Gasteiger partial charge in [0.1, 0.15) is 0 Å². The number of likely N-dealkylation sites (N-methyl/N-ethyl adjacent to an activating group) is 2. The van der Waals surface area contributed by atoms with Crippen LogP contribution in [0.1, 0.15) is 23.5 Å². The molecule has 0 amide bonds. The van der Waals surface area contributed by atoms with Gasteiger partial charge in [0.25, 0.3) is 0 Å². The molecular weight excluding hydrogens is 236 g/mol. The SMILES string of the molecule is CN1CCN(C)C(C(=O)CC2Cc3ccccc32)C1. The Morgan fingerprint density at radius 2 is 2.05 bits per heavy atom. The van der Waals surface area contributed by atoms with E-state index in [9.17, 15) is 4.79 Å². The van der Waals surface area contributed by atoms with Gasteiger partial charge in [0.05, 0.1) is 6.04 Å². The third-order valence-electron chi connectivity index (χ3n) is 4.63. The quantitative estimate of drug-likeness (QED) is 0.821. The van der Waals surface area contributed by atoms with Gasteiger partial charge in [-0.15, -0.1) is 0 Å². The van der Waals surface area contributed by atoms with E-state index in [2.05, 4.69) is 48.2 Å². The molecule has 1 aliphatic carbocycles. The molecule has 0 spiro atoms. The summed E-state index contributed by atoms with van der Waals surface area (Å²) in [5, 5.41) is 0. The second-order valence-corrected chi connectivity index (χ2v) is 6.03. The molecule has 1 aromatic rings. The third kappa shape index (κ3) is 2.45. The maximum absolute atomic E-state index is 12.5. The maximum atomic E-state index is 12.5. The van der Waals surface area contributed by atoms with Crippen molar-refractivity contribution in [2.24, 2.45) is 0 Å². The molecule has 1 aliphatic heterocycles. The lowest BCUT2D eigenvalue weighted by Gasteiger charge is -2.38. The number of hydrogen-bond donors (Lipinski definition) is 0. The molecule has 102 valence electrons. The number of fused-ring (bicyclic) bond motifs is 1. The van der Waals surface area contributed by atoms with Crippen LogP contribution in [0.15, 0.2) is 24.3 Å². The van der Waals surface area contributed by atoms with Crippen LogP contribution in [0.25, 0.3) is 0 Å². The highest BCUT2D eigenvalue weighted by atomic mass is 16.1. The zero-order valence-electron chi connectivity index (χ0n) is 11.8. The van der Waals surface area contributed by atoms with Crippen LogP contribution < -0.4 is 0 Å². The second kappa shape index (κ2) is 5.06. The average Bonchev–Trinajstić information content (AvgIpc) is 2.38. The number of carbonyl (C=O) groups is 1. The molecule has 1 saturated heterocycles. The minimum absolute atomic E-state index is 0.0894. The minimum Gasteiger partial charge on any atom is -0.303 e. The van der Waals surface area contributed by atoms with Crippen molar-refractivity contribution < 1.29 is 4.79 Å². The van der Waals surface area contributed by atoms with Gasteiger partial charge in [-0.2, -0.15) is 0 Å². The lowest BCUT2D eigenvalue weighted by molar-refractivity contribution is -0.126. The Hall–Kier alpha value is -1.19. The Morgan fingerprint density at radius 3 is 2.84 bits per heavy atom. The van der Waals surface area contributed by atoms with Gasteiger partial charge in [-0.05, 0) is 37.6 Å². The van der Waals surface area contributed by atoms with Crippen molar-refractivity contribution in [3.8, 4) is 0 Å². The van der Waals surface area contributed by atoms with E-state index in [4.69, 9.17) is 0 Å². The fourth-order valence-electron chi connectivity index (χ4n) is 3.28. The Bertz CT molecular complexity index is 485. The topological polar surface area (TPSA) is 23.6 Å². The number of Topliss-reactive ketones (excluding diaryl/α,β-unsaturated/α-hetero) is 1. The first-order valence-electron chi connectivity index (χ1n) is 7.14. The summed E-state index contributed by atoms with van der Waals surface area (Å²) in [4.78, 5) is 17.0. The average molecular weight is 258 g/mol. The van der Waals surface area contributed by atoms with Gasteiger partial charge >= 0.3 is 0 Å². The minimum atomic E-state index is 0.0894. The summed E-state index contributed by atoms with van der Waals surface area (Å²) in [6, 6.07) is 8.60. The third-order valence-corrected chi connectivity index (χ3v) is 4.63. The fraction of sp³-hybridized carbons (Fsp3) is 0.562. The highest BCUT2D eigenvalue weighted by Gasteiger charge is 2.33. The molecule has 1 aromatic carbocycles. The summed E-state index contributed by atoms with van der Waals surface area (Å²) in [6.07, 6.45) is 1.79. The fourth-order valence-corrected chi connectivity index (χ4v) is 3.28. The van der Waals surface area contributed by atoms with Gasteiger partial charge in [0.15, 0.2) is 5.78 Å². The van der Waals surface area contributed by atoms with Crippen LogP contribution >= 0.6 is 0 Å². The van der Waals surface area contributed by atoms with Crippen molar-refractivity contribution in [2.75, 3.05) is 33.7 Å². The van der Waals surface area contributed by atoms with E-state index in [0.29, 0.717) is 18.1 Å². The van der Waals surface area contributed by atoms with Gasteiger partial charge in [-0.1, -0.05) is 24.3 Å². The molecule has 0 saturated carbocycles. The summed E-state index contributed by atoms with van der Waals surface area (Å²) in [6.45, 7) is 2.93. The van der Waals surface area contributed by atoms with E-state index in [-0.39, 0.29) is 6.04 Å². The molecule has 3 rings (SSSR count). The molecule has 2 atom stereocenters. The molecule has 19 heavy (non-hydrogen) atoms. The number of hydrogen-bond acceptors (Lipinski definition) is 3. The Kier molecular flexibility index (Phi) is 3.42. The molecule has 1 fully saturated rings. The zero-order chi connectivity index (χ0) is 13.4. The monoisotopic (exact) mass is 258 g/mol. The largest absolute Gasteiger partial charge is 0.303 e.